The summed E-state index contributed by atoms with van der Waals surface area (Å²) in [7, 11) is 1.54. The summed E-state index contributed by atoms with van der Waals surface area (Å²) in [6.07, 6.45) is 0.415. The van der Waals surface area contributed by atoms with Crippen molar-refractivity contribution >= 4 is 17.6 Å². The highest BCUT2D eigenvalue weighted by atomic mass is 35.5. The van der Waals surface area contributed by atoms with Crippen LogP contribution in [0.3, 0.4) is 0 Å². The molecule has 0 bridgehead atoms. The summed E-state index contributed by atoms with van der Waals surface area (Å²) in [5.74, 6) is -0.693. The molecule has 0 spiro atoms. The van der Waals surface area contributed by atoms with Crippen LogP contribution in [0.4, 0.5) is 0 Å². The number of rotatable bonds is 4. The first kappa shape index (κ1) is 12.8. The smallest absolute Gasteiger partial charge is 0.306 e. The van der Waals surface area contributed by atoms with Crippen LogP contribution >= 0.6 is 11.6 Å². The van der Waals surface area contributed by atoms with Gasteiger partial charge in [0.25, 0.3) is 0 Å². The SMILES string of the molecule is COc1c(CC(C)C(=O)O)ccc(C)c1Cl. The van der Waals surface area contributed by atoms with E-state index in [2.05, 4.69) is 0 Å². The van der Waals surface area contributed by atoms with Crippen LogP contribution in [0.25, 0.3) is 0 Å². The molecule has 0 saturated heterocycles. The normalized spacial score (nSPS) is 12.2. The minimum atomic E-state index is -0.821. The molecule has 1 aromatic rings. The number of hydrogen-bond acceptors (Lipinski definition) is 2. The van der Waals surface area contributed by atoms with E-state index in [1.807, 2.05) is 19.1 Å². The fourth-order valence-electron chi connectivity index (χ4n) is 1.49. The van der Waals surface area contributed by atoms with Crippen molar-refractivity contribution in [3.8, 4) is 5.75 Å². The molecule has 1 rings (SSSR count). The number of ether oxygens (including phenoxy) is 1. The second-order valence-corrected chi connectivity index (χ2v) is 4.21. The number of aliphatic carboxylic acids is 1. The van der Waals surface area contributed by atoms with Crippen molar-refractivity contribution in [2.24, 2.45) is 5.92 Å². The zero-order valence-electron chi connectivity index (χ0n) is 9.58. The monoisotopic (exact) mass is 242 g/mol. The molecule has 0 aliphatic carbocycles. The van der Waals surface area contributed by atoms with Crippen LogP contribution < -0.4 is 4.74 Å². The first-order valence-electron chi connectivity index (χ1n) is 5.02. The van der Waals surface area contributed by atoms with Crippen LogP contribution in [0.15, 0.2) is 12.1 Å². The molecule has 16 heavy (non-hydrogen) atoms. The van der Waals surface area contributed by atoms with Crippen LogP contribution in [0.1, 0.15) is 18.1 Å². The predicted octanol–water partition coefficient (Wildman–Crippen LogP) is 2.92. The van der Waals surface area contributed by atoms with Crippen LogP contribution in [0.5, 0.6) is 5.75 Å². The lowest BCUT2D eigenvalue weighted by atomic mass is 9.99. The van der Waals surface area contributed by atoms with Crippen molar-refractivity contribution < 1.29 is 14.6 Å². The van der Waals surface area contributed by atoms with Gasteiger partial charge in [-0.25, -0.2) is 0 Å². The van der Waals surface area contributed by atoms with Crippen LogP contribution in [-0.4, -0.2) is 18.2 Å². The molecule has 0 fully saturated rings. The third-order valence-corrected chi connectivity index (χ3v) is 2.99. The summed E-state index contributed by atoms with van der Waals surface area (Å²) in [5, 5.41) is 9.41. The first-order valence-corrected chi connectivity index (χ1v) is 5.40. The number of carbonyl (C=O) groups is 1. The number of carboxylic acid groups (broad SMARTS) is 1. The Bertz CT molecular complexity index is 401. The molecule has 0 radical (unpaired) electrons. The zero-order chi connectivity index (χ0) is 12.3. The maximum atomic E-state index is 10.8. The lowest BCUT2D eigenvalue weighted by Gasteiger charge is -2.13. The van der Waals surface area contributed by atoms with Gasteiger partial charge in [0.05, 0.1) is 18.1 Å². The van der Waals surface area contributed by atoms with E-state index < -0.39 is 11.9 Å². The fourth-order valence-corrected chi connectivity index (χ4v) is 1.75. The molecule has 0 saturated carbocycles. The molecule has 1 atom stereocenters. The summed E-state index contributed by atoms with van der Waals surface area (Å²) in [4.78, 5) is 10.8. The molecular weight excluding hydrogens is 228 g/mol. The average Bonchev–Trinajstić information content (AvgIpc) is 2.23. The van der Waals surface area contributed by atoms with Crippen molar-refractivity contribution in [3.05, 3.63) is 28.3 Å². The third-order valence-electron chi connectivity index (χ3n) is 2.52. The van der Waals surface area contributed by atoms with Gasteiger partial charge in [0, 0.05) is 0 Å². The summed E-state index contributed by atoms with van der Waals surface area (Å²) >= 11 is 6.09. The second kappa shape index (κ2) is 5.21. The zero-order valence-corrected chi connectivity index (χ0v) is 10.3. The number of methoxy groups -OCH3 is 1. The summed E-state index contributed by atoms with van der Waals surface area (Å²) in [5.41, 5.74) is 1.75. The van der Waals surface area contributed by atoms with E-state index in [0.717, 1.165) is 11.1 Å². The number of benzene rings is 1. The summed E-state index contributed by atoms with van der Waals surface area (Å²) < 4.78 is 5.21. The van der Waals surface area contributed by atoms with E-state index in [1.165, 1.54) is 7.11 Å². The Morgan fingerprint density at radius 2 is 2.19 bits per heavy atom. The van der Waals surface area contributed by atoms with Crippen molar-refractivity contribution in [1.82, 2.24) is 0 Å². The molecule has 1 unspecified atom stereocenters. The maximum absolute atomic E-state index is 10.8. The molecule has 0 aromatic heterocycles. The van der Waals surface area contributed by atoms with E-state index in [-0.39, 0.29) is 0 Å². The van der Waals surface area contributed by atoms with Crippen LogP contribution in [0.2, 0.25) is 5.02 Å². The highest BCUT2D eigenvalue weighted by Gasteiger charge is 2.16. The Morgan fingerprint density at radius 1 is 1.56 bits per heavy atom. The molecule has 3 nitrogen and oxygen atoms in total. The van der Waals surface area contributed by atoms with Crippen LogP contribution in [0, 0.1) is 12.8 Å². The number of halogens is 1. The highest BCUT2D eigenvalue weighted by molar-refractivity contribution is 6.32. The molecular formula is C12H15ClO3. The molecule has 4 heteroatoms. The van der Waals surface area contributed by atoms with Gasteiger partial charge in [0.15, 0.2) is 0 Å². The van der Waals surface area contributed by atoms with Gasteiger partial charge in [-0.2, -0.15) is 0 Å². The van der Waals surface area contributed by atoms with Gasteiger partial charge in [-0.15, -0.1) is 0 Å². The van der Waals surface area contributed by atoms with Gasteiger partial charge in [-0.05, 0) is 24.5 Å². The van der Waals surface area contributed by atoms with Gasteiger partial charge < -0.3 is 9.84 Å². The van der Waals surface area contributed by atoms with Crippen LogP contribution in [-0.2, 0) is 11.2 Å². The van der Waals surface area contributed by atoms with Gasteiger partial charge >= 0.3 is 5.97 Å². The Morgan fingerprint density at radius 3 is 2.69 bits per heavy atom. The van der Waals surface area contributed by atoms with Crippen molar-refractivity contribution in [2.75, 3.05) is 7.11 Å². The van der Waals surface area contributed by atoms with E-state index in [9.17, 15) is 4.79 Å². The highest BCUT2D eigenvalue weighted by Crippen LogP contribution is 2.32. The maximum Gasteiger partial charge on any atom is 0.306 e. The molecule has 88 valence electrons. The molecule has 0 heterocycles. The number of aryl methyl sites for hydroxylation is 1. The van der Waals surface area contributed by atoms with Gasteiger partial charge in [-0.3, -0.25) is 4.79 Å². The molecule has 1 N–H and O–H groups in total. The lowest BCUT2D eigenvalue weighted by molar-refractivity contribution is -0.141. The number of carboxylic acids is 1. The van der Waals surface area contributed by atoms with Crippen molar-refractivity contribution in [3.63, 3.8) is 0 Å². The third kappa shape index (κ3) is 2.67. The van der Waals surface area contributed by atoms with E-state index >= 15 is 0 Å². The van der Waals surface area contributed by atoms with Crippen molar-refractivity contribution in [1.29, 1.82) is 0 Å². The van der Waals surface area contributed by atoms with E-state index in [1.54, 1.807) is 6.92 Å². The fraction of sp³-hybridized carbons (Fsp3) is 0.417. The van der Waals surface area contributed by atoms with Gasteiger partial charge in [-0.1, -0.05) is 30.7 Å². The van der Waals surface area contributed by atoms with Crippen molar-refractivity contribution in [2.45, 2.75) is 20.3 Å². The Balaban J connectivity index is 3.05. The summed E-state index contributed by atoms with van der Waals surface area (Å²) in [6, 6.07) is 3.73. The topological polar surface area (TPSA) is 46.5 Å². The molecule has 0 amide bonds. The minimum Gasteiger partial charge on any atom is -0.495 e. The molecule has 1 aromatic carbocycles. The molecule has 0 aliphatic heterocycles. The average molecular weight is 243 g/mol. The first-order chi connectivity index (χ1) is 7.47. The van der Waals surface area contributed by atoms with E-state index in [0.29, 0.717) is 17.2 Å². The lowest BCUT2D eigenvalue weighted by Crippen LogP contribution is -2.13. The standard InChI is InChI=1S/C12H15ClO3/c1-7-4-5-9(6-8(2)12(14)15)11(16-3)10(7)13/h4-5,8H,6H2,1-3H3,(H,14,15). The quantitative estimate of drug-likeness (QED) is 0.883. The van der Waals surface area contributed by atoms with E-state index in [4.69, 9.17) is 21.4 Å². The Labute approximate surface area is 100.0 Å². The predicted molar refractivity (Wildman–Crippen MR) is 63.2 cm³/mol. The van der Waals surface area contributed by atoms with Gasteiger partial charge in [0.2, 0.25) is 0 Å². The number of hydrogen-bond donors (Lipinski definition) is 1. The largest absolute Gasteiger partial charge is 0.495 e. The van der Waals surface area contributed by atoms with Gasteiger partial charge in [0.1, 0.15) is 5.75 Å². The Kier molecular flexibility index (Phi) is 4.19. The minimum absolute atomic E-state index is 0.415. The molecule has 0 aliphatic rings. The summed E-state index contributed by atoms with van der Waals surface area (Å²) in [6.45, 7) is 3.55. The second-order valence-electron chi connectivity index (χ2n) is 3.83. The Hall–Kier alpha value is -1.22.